The van der Waals surface area contributed by atoms with E-state index >= 15 is 0 Å². The van der Waals surface area contributed by atoms with E-state index in [0.29, 0.717) is 17.9 Å². The third-order valence-electron chi connectivity index (χ3n) is 3.10. The van der Waals surface area contributed by atoms with Gasteiger partial charge in [-0.25, -0.2) is 4.98 Å². The first-order valence-corrected chi connectivity index (χ1v) is 6.89. The van der Waals surface area contributed by atoms with Crippen molar-refractivity contribution in [3.05, 3.63) is 12.3 Å². The van der Waals surface area contributed by atoms with Crippen molar-refractivity contribution in [2.45, 2.75) is 46.6 Å². The van der Waals surface area contributed by atoms with Gasteiger partial charge in [-0.1, -0.05) is 27.7 Å². The van der Waals surface area contributed by atoms with Crippen molar-refractivity contribution < 1.29 is 0 Å². The molecule has 0 saturated carbocycles. The van der Waals surface area contributed by atoms with Gasteiger partial charge in [0.05, 0.1) is 0 Å². The Balaban J connectivity index is 2.99. The molecule has 1 aromatic heterocycles. The first-order chi connectivity index (χ1) is 8.62. The molecule has 0 atom stereocenters. The first-order valence-electron chi connectivity index (χ1n) is 6.89. The van der Waals surface area contributed by atoms with Gasteiger partial charge in [0.25, 0.3) is 0 Å². The monoisotopic (exact) mass is 250 g/mol. The van der Waals surface area contributed by atoms with Crippen molar-refractivity contribution >= 4 is 11.8 Å². The molecular formula is C14H26N4. The van der Waals surface area contributed by atoms with Crippen LogP contribution in [-0.4, -0.2) is 29.6 Å². The number of nitrogens with one attached hydrogen (secondary N) is 1. The zero-order valence-corrected chi connectivity index (χ0v) is 12.3. The number of hydrogen-bond donors (Lipinski definition) is 1. The maximum absolute atomic E-state index is 4.57. The van der Waals surface area contributed by atoms with Crippen LogP contribution in [0, 0.1) is 5.92 Å². The summed E-state index contributed by atoms with van der Waals surface area (Å²) < 4.78 is 0. The zero-order chi connectivity index (χ0) is 13.5. The molecule has 0 amide bonds. The Morgan fingerprint density at radius 1 is 1.28 bits per heavy atom. The van der Waals surface area contributed by atoms with Gasteiger partial charge in [-0.05, 0) is 24.8 Å². The molecule has 0 radical (unpaired) electrons. The summed E-state index contributed by atoms with van der Waals surface area (Å²) >= 11 is 0. The molecule has 0 spiro atoms. The largest absolute Gasteiger partial charge is 0.357 e. The van der Waals surface area contributed by atoms with Crippen molar-refractivity contribution in [2.24, 2.45) is 5.92 Å². The van der Waals surface area contributed by atoms with Gasteiger partial charge in [-0.2, -0.15) is 4.98 Å². The van der Waals surface area contributed by atoms with E-state index in [0.717, 1.165) is 25.2 Å². The van der Waals surface area contributed by atoms with Crippen LogP contribution in [0.5, 0.6) is 0 Å². The van der Waals surface area contributed by atoms with Crippen LogP contribution < -0.4 is 10.2 Å². The molecule has 1 aromatic rings. The van der Waals surface area contributed by atoms with Crippen LogP contribution in [0.15, 0.2) is 12.3 Å². The quantitative estimate of drug-likeness (QED) is 0.807. The fourth-order valence-corrected chi connectivity index (χ4v) is 2.18. The van der Waals surface area contributed by atoms with Gasteiger partial charge < -0.3 is 10.2 Å². The molecule has 4 nitrogen and oxygen atoms in total. The van der Waals surface area contributed by atoms with Crippen LogP contribution in [0.4, 0.5) is 11.8 Å². The fourth-order valence-electron chi connectivity index (χ4n) is 2.18. The lowest BCUT2D eigenvalue weighted by Gasteiger charge is -2.33. The van der Waals surface area contributed by atoms with Gasteiger partial charge >= 0.3 is 0 Å². The molecule has 0 aliphatic carbocycles. The van der Waals surface area contributed by atoms with E-state index in [2.05, 4.69) is 47.9 Å². The van der Waals surface area contributed by atoms with Crippen molar-refractivity contribution in [3.63, 3.8) is 0 Å². The smallest absolute Gasteiger partial charge is 0.224 e. The number of anilines is 2. The molecular weight excluding hydrogens is 224 g/mol. The van der Waals surface area contributed by atoms with Crippen LogP contribution in [-0.2, 0) is 0 Å². The zero-order valence-electron chi connectivity index (χ0n) is 12.3. The average molecular weight is 250 g/mol. The summed E-state index contributed by atoms with van der Waals surface area (Å²) in [6.45, 7) is 10.0. The van der Waals surface area contributed by atoms with Crippen LogP contribution in [0.1, 0.15) is 40.5 Å². The van der Waals surface area contributed by atoms with Gasteiger partial charge in [0.2, 0.25) is 5.95 Å². The number of rotatable bonds is 7. The second-order valence-electron chi connectivity index (χ2n) is 5.00. The maximum atomic E-state index is 4.57. The molecule has 0 unspecified atom stereocenters. The average Bonchev–Trinajstić information content (AvgIpc) is 2.38. The Labute approximate surface area is 111 Å². The second kappa shape index (κ2) is 7.19. The van der Waals surface area contributed by atoms with E-state index in [1.165, 1.54) is 0 Å². The predicted octanol–water partition coefficient (Wildman–Crippen LogP) is 3.17. The highest BCUT2D eigenvalue weighted by Gasteiger charge is 2.18. The topological polar surface area (TPSA) is 41.1 Å². The maximum Gasteiger partial charge on any atom is 0.224 e. The second-order valence-corrected chi connectivity index (χ2v) is 5.00. The molecule has 0 saturated heterocycles. The third-order valence-corrected chi connectivity index (χ3v) is 3.10. The molecule has 1 heterocycles. The van der Waals surface area contributed by atoms with Crippen molar-refractivity contribution in [2.75, 3.05) is 23.8 Å². The van der Waals surface area contributed by atoms with E-state index in [-0.39, 0.29) is 0 Å². The molecule has 0 aliphatic heterocycles. The highest BCUT2D eigenvalue weighted by atomic mass is 15.2. The van der Waals surface area contributed by atoms with Crippen LogP contribution in [0.2, 0.25) is 0 Å². The minimum atomic E-state index is 0.548. The summed E-state index contributed by atoms with van der Waals surface area (Å²) in [4.78, 5) is 11.2. The lowest BCUT2D eigenvalue weighted by atomic mass is 10.1. The number of hydrogen-bond acceptors (Lipinski definition) is 4. The Bertz CT molecular complexity index is 347. The van der Waals surface area contributed by atoms with Crippen molar-refractivity contribution in [1.29, 1.82) is 0 Å². The van der Waals surface area contributed by atoms with E-state index in [1.807, 2.05) is 19.3 Å². The summed E-state index contributed by atoms with van der Waals surface area (Å²) in [7, 11) is 1.85. The van der Waals surface area contributed by atoms with E-state index in [4.69, 9.17) is 0 Å². The minimum Gasteiger partial charge on any atom is -0.357 e. The molecule has 0 bridgehead atoms. The molecule has 0 aliphatic rings. The van der Waals surface area contributed by atoms with Crippen LogP contribution >= 0.6 is 0 Å². The van der Waals surface area contributed by atoms with Gasteiger partial charge in [0, 0.05) is 25.8 Å². The lowest BCUT2D eigenvalue weighted by Crippen LogP contribution is -2.38. The van der Waals surface area contributed by atoms with Crippen molar-refractivity contribution in [3.8, 4) is 0 Å². The minimum absolute atomic E-state index is 0.548. The van der Waals surface area contributed by atoms with Crippen molar-refractivity contribution in [1.82, 2.24) is 9.97 Å². The summed E-state index contributed by atoms with van der Waals surface area (Å²) in [5.41, 5.74) is 0. The molecule has 102 valence electrons. The predicted molar refractivity (Wildman–Crippen MR) is 78.1 cm³/mol. The van der Waals surface area contributed by atoms with Gasteiger partial charge in [0.15, 0.2) is 0 Å². The summed E-state index contributed by atoms with van der Waals surface area (Å²) in [6, 6.07) is 2.55. The highest BCUT2D eigenvalue weighted by Crippen LogP contribution is 2.20. The number of aromatic nitrogens is 2. The summed E-state index contributed by atoms with van der Waals surface area (Å²) in [5, 5.41) is 3.00. The standard InChI is InChI=1S/C14H26N4/c1-6-12(7-2)18(10-11(3)4)13-8-9-16-14(15-5)17-13/h8-9,11-12H,6-7,10H2,1-5H3,(H,15,16,17). The Morgan fingerprint density at radius 2 is 1.94 bits per heavy atom. The third kappa shape index (κ3) is 3.86. The SMILES string of the molecule is CCC(CC)N(CC(C)C)c1ccnc(NC)n1. The van der Waals surface area contributed by atoms with Gasteiger partial charge in [-0.3, -0.25) is 0 Å². The van der Waals surface area contributed by atoms with E-state index in [1.54, 1.807) is 0 Å². The molecule has 18 heavy (non-hydrogen) atoms. The fraction of sp³-hybridized carbons (Fsp3) is 0.714. The molecule has 0 aromatic carbocycles. The van der Waals surface area contributed by atoms with Gasteiger partial charge in [-0.15, -0.1) is 0 Å². The van der Waals surface area contributed by atoms with Gasteiger partial charge in [0.1, 0.15) is 5.82 Å². The Kier molecular flexibility index (Phi) is 5.89. The normalized spacial score (nSPS) is 11.1. The van der Waals surface area contributed by atoms with Crippen LogP contribution in [0.3, 0.4) is 0 Å². The first kappa shape index (κ1) is 14.7. The highest BCUT2D eigenvalue weighted by molar-refractivity contribution is 5.43. The van der Waals surface area contributed by atoms with E-state index in [9.17, 15) is 0 Å². The summed E-state index contributed by atoms with van der Waals surface area (Å²) in [5.74, 6) is 2.34. The molecule has 4 heteroatoms. The molecule has 1 N–H and O–H groups in total. The Hall–Kier alpha value is -1.32. The van der Waals surface area contributed by atoms with Crippen LogP contribution in [0.25, 0.3) is 0 Å². The number of nitrogens with zero attached hydrogens (tertiary/aromatic N) is 3. The molecule has 1 rings (SSSR count). The van der Waals surface area contributed by atoms with E-state index < -0.39 is 0 Å². The lowest BCUT2D eigenvalue weighted by molar-refractivity contribution is 0.503. The molecule has 0 fully saturated rings. The summed E-state index contributed by atoms with van der Waals surface area (Å²) in [6.07, 6.45) is 4.11. The Morgan fingerprint density at radius 3 is 2.44 bits per heavy atom.